The van der Waals surface area contributed by atoms with Crippen LogP contribution in [-0.4, -0.2) is 37.7 Å². The van der Waals surface area contributed by atoms with E-state index in [1.54, 1.807) is 0 Å². The van der Waals surface area contributed by atoms with Gasteiger partial charge in [0.2, 0.25) is 0 Å². The summed E-state index contributed by atoms with van der Waals surface area (Å²) >= 11 is 0. The van der Waals surface area contributed by atoms with Gasteiger partial charge in [0.15, 0.2) is 0 Å². The van der Waals surface area contributed by atoms with E-state index < -0.39 is 0 Å². The molecule has 3 heteroatoms. The lowest BCUT2D eigenvalue weighted by Crippen LogP contribution is -2.33. The standard InChI is InChI=1S/C22H29NO2/c1-3-8-20(9-4-1)10-7-18-24-21-11-13-22(14-12-21)25-19-17-23-15-5-2-6-16-23/h1,3-4,8-9,11-14H,2,5-7,10,15-19H2. The van der Waals surface area contributed by atoms with Crippen LogP contribution < -0.4 is 9.47 Å². The maximum atomic E-state index is 5.85. The van der Waals surface area contributed by atoms with Crippen molar-refractivity contribution in [1.82, 2.24) is 4.90 Å². The fourth-order valence-corrected chi connectivity index (χ4v) is 3.22. The maximum Gasteiger partial charge on any atom is 0.119 e. The van der Waals surface area contributed by atoms with E-state index in [1.807, 2.05) is 24.3 Å². The topological polar surface area (TPSA) is 21.7 Å². The second-order valence-electron chi connectivity index (χ2n) is 6.66. The van der Waals surface area contributed by atoms with E-state index in [2.05, 4.69) is 35.2 Å². The molecule has 1 saturated heterocycles. The first-order valence-electron chi connectivity index (χ1n) is 9.52. The molecule has 0 saturated carbocycles. The predicted molar refractivity (Wildman–Crippen MR) is 102 cm³/mol. The Balaban J connectivity index is 1.31. The van der Waals surface area contributed by atoms with Crippen molar-refractivity contribution >= 4 is 0 Å². The highest BCUT2D eigenvalue weighted by Crippen LogP contribution is 2.18. The Labute approximate surface area is 151 Å². The minimum absolute atomic E-state index is 0.740. The van der Waals surface area contributed by atoms with Crippen molar-refractivity contribution in [2.75, 3.05) is 32.8 Å². The lowest BCUT2D eigenvalue weighted by Gasteiger charge is -2.26. The van der Waals surface area contributed by atoms with E-state index in [1.165, 1.54) is 37.9 Å². The summed E-state index contributed by atoms with van der Waals surface area (Å²) in [6.07, 6.45) is 6.12. The zero-order valence-electron chi connectivity index (χ0n) is 15.0. The quantitative estimate of drug-likeness (QED) is 0.625. The number of hydrogen-bond acceptors (Lipinski definition) is 3. The first kappa shape index (κ1) is 17.8. The minimum atomic E-state index is 0.740. The Morgan fingerprint density at radius 1 is 0.720 bits per heavy atom. The molecule has 1 aliphatic heterocycles. The number of rotatable bonds is 9. The molecular formula is C22H29NO2. The largest absolute Gasteiger partial charge is 0.494 e. The van der Waals surface area contributed by atoms with E-state index in [0.717, 1.165) is 44.1 Å². The fourth-order valence-electron chi connectivity index (χ4n) is 3.22. The summed E-state index contributed by atoms with van der Waals surface area (Å²) in [6, 6.07) is 18.5. The molecule has 1 aliphatic rings. The van der Waals surface area contributed by atoms with Gasteiger partial charge in [-0.15, -0.1) is 0 Å². The van der Waals surface area contributed by atoms with Gasteiger partial charge in [-0.1, -0.05) is 36.8 Å². The third-order valence-corrected chi connectivity index (χ3v) is 4.67. The van der Waals surface area contributed by atoms with Gasteiger partial charge in [0.05, 0.1) is 6.61 Å². The Hall–Kier alpha value is -2.00. The van der Waals surface area contributed by atoms with Crippen molar-refractivity contribution in [3.63, 3.8) is 0 Å². The maximum absolute atomic E-state index is 5.85. The summed E-state index contributed by atoms with van der Waals surface area (Å²) in [5.74, 6) is 1.84. The van der Waals surface area contributed by atoms with Crippen molar-refractivity contribution in [3.8, 4) is 11.5 Å². The Morgan fingerprint density at radius 2 is 1.36 bits per heavy atom. The number of piperidine rings is 1. The van der Waals surface area contributed by atoms with Crippen LogP contribution in [0.25, 0.3) is 0 Å². The number of hydrogen-bond donors (Lipinski definition) is 0. The normalized spacial score (nSPS) is 15.0. The van der Waals surface area contributed by atoms with Gasteiger partial charge in [-0.25, -0.2) is 0 Å². The third-order valence-electron chi connectivity index (χ3n) is 4.67. The SMILES string of the molecule is c1ccc(CCCOc2ccc(OCCN3CCCCC3)cc2)cc1. The molecule has 2 aromatic rings. The Morgan fingerprint density at radius 3 is 2.04 bits per heavy atom. The fraction of sp³-hybridized carbons (Fsp3) is 0.455. The minimum Gasteiger partial charge on any atom is -0.494 e. The lowest BCUT2D eigenvalue weighted by molar-refractivity contribution is 0.183. The molecule has 3 nitrogen and oxygen atoms in total. The molecule has 1 fully saturated rings. The number of aryl methyl sites for hydroxylation is 1. The molecule has 25 heavy (non-hydrogen) atoms. The highest BCUT2D eigenvalue weighted by Gasteiger charge is 2.09. The lowest BCUT2D eigenvalue weighted by atomic mass is 10.1. The summed E-state index contributed by atoms with van der Waals surface area (Å²) in [6.45, 7) is 4.97. The van der Waals surface area contributed by atoms with Gasteiger partial charge in [-0.05, 0) is 68.6 Å². The first-order valence-corrected chi connectivity index (χ1v) is 9.52. The molecule has 0 aromatic heterocycles. The zero-order chi connectivity index (χ0) is 17.2. The van der Waals surface area contributed by atoms with Crippen LogP contribution in [0, 0.1) is 0 Å². The van der Waals surface area contributed by atoms with Crippen molar-refractivity contribution in [2.45, 2.75) is 32.1 Å². The van der Waals surface area contributed by atoms with Gasteiger partial charge in [0.1, 0.15) is 18.1 Å². The molecule has 1 heterocycles. The van der Waals surface area contributed by atoms with Gasteiger partial charge in [0, 0.05) is 6.54 Å². The second kappa shape index (κ2) is 10.1. The van der Waals surface area contributed by atoms with E-state index in [-0.39, 0.29) is 0 Å². The summed E-state index contributed by atoms with van der Waals surface area (Å²) in [4.78, 5) is 2.49. The molecule has 0 amide bonds. The van der Waals surface area contributed by atoms with Crippen LogP contribution in [0.1, 0.15) is 31.2 Å². The highest BCUT2D eigenvalue weighted by molar-refractivity contribution is 5.31. The van der Waals surface area contributed by atoms with Gasteiger partial charge in [-0.2, -0.15) is 0 Å². The number of benzene rings is 2. The van der Waals surface area contributed by atoms with E-state index in [9.17, 15) is 0 Å². The van der Waals surface area contributed by atoms with Crippen molar-refractivity contribution < 1.29 is 9.47 Å². The molecule has 3 rings (SSSR count). The highest BCUT2D eigenvalue weighted by atomic mass is 16.5. The van der Waals surface area contributed by atoms with E-state index in [0.29, 0.717) is 0 Å². The van der Waals surface area contributed by atoms with Gasteiger partial charge < -0.3 is 9.47 Å². The van der Waals surface area contributed by atoms with Crippen LogP contribution in [-0.2, 0) is 6.42 Å². The molecule has 134 valence electrons. The van der Waals surface area contributed by atoms with Crippen LogP contribution in [0.4, 0.5) is 0 Å². The molecule has 0 unspecified atom stereocenters. The molecule has 0 aliphatic carbocycles. The van der Waals surface area contributed by atoms with Gasteiger partial charge >= 0.3 is 0 Å². The van der Waals surface area contributed by atoms with Gasteiger partial charge in [0.25, 0.3) is 0 Å². The third kappa shape index (κ3) is 6.43. The summed E-state index contributed by atoms with van der Waals surface area (Å²) in [5, 5.41) is 0. The van der Waals surface area contributed by atoms with E-state index in [4.69, 9.17) is 9.47 Å². The smallest absolute Gasteiger partial charge is 0.119 e. The molecule has 0 atom stereocenters. The summed E-state index contributed by atoms with van der Waals surface area (Å²) < 4.78 is 11.7. The molecule has 0 spiro atoms. The van der Waals surface area contributed by atoms with Crippen LogP contribution in [0.2, 0.25) is 0 Å². The molecule has 0 N–H and O–H groups in total. The average molecular weight is 339 g/mol. The second-order valence-corrected chi connectivity index (χ2v) is 6.66. The van der Waals surface area contributed by atoms with Crippen molar-refractivity contribution in [3.05, 3.63) is 60.2 Å². The van der Waals surface area contributed by atoms with Crippen LogP contribution in [0.15, 0.2) is 54.6 Å². The Kier molecular flexibility index (Phi) is 7.19. The monoisotopic (exact) mass is 339 g/mol. The molecule has 0 radical (unpaired) electrons. The number of likely N-dealkylation sites (tertiary alicyclic amines) is 1. The van der Waals surface area contributed by atoms with Crippen LogP contribution in [0.3, 0.4) is 0 Å². The van der Waals surface area contributed by atoms with Gasteiger partial charge in [-0.3, -0.25) is 4.90 Å². The number of nitrogens with zero attached hydrogens (tertiary/aromatic N) is 1. The molecular weight excluding hydrogens is 310 g/mol. The summed E-state index contributed by atoms with van der Waals surface area (Å²) in [5.41, 5.74) is 1.36. The van der Waals surface area contributed by atoms with Crippen LogP contribution >= 0.6 is 0 Å². The zero-order valence-corrected chi connectivity index (χ0v) is 15.0. The predicted octanol–water partition coefficient (Wildman–Crippen LogP) is 4.56. The number of ether oxygens (including phenoxy) is 2. The van der Waals surface area contributed by atoms with E-state index >= 15 is 0 Å². The molecule has 0 bridgehead atoms. The van der Waals surface area contributed by atoms with Crippen molar-refractivity contribution in [2.24, 2.45) is 0 Å². The summed E-state index contributed by atoms with van der Waals surface area (Å²) in [7, 11) is 0. The average Bonchev–Trinajstić information content (AvgIpc) is 2.68. The van der Waals surface area contributed by atoms with Crippen molar-refractivity contribution in [1.29, 1.82) is 0 Å². The molecule has 2 aromatic carbocycles. The Bertz CT molecular complexity index is 591. The van der Waals surface area contributed by atoms with Crippen LogP contribution in [0.5, 0.6) is 11.5 Å². The first-order chi connectivity index (χ1) is 12.4.